The molecule has 0 saturated carbocycles. The van der Waals surface area contributed by atoms with Crippen LogP contribution in [0.15, 0.2) is 0 Å². The van der Waals surface area contributed by atoms with Crippen LogP contribution in [0.1, 0.15) is 6.92 Å². The zero-order chi connectivity index (χ0) is 8.85. The maximum atomic E-state index is 10.7. The van der Waals surface area contributed by atoms with Crippen LogP contribution in [0.4, 0.5) is 0 Å². The molecule has 11 heavy (non-hydrogen) atoms. The van der Waals surface area contributed by atoms with E-state index in [0.717, 1.165) is 0 Å². The molecule has 0 bridgehead atoms. The lowest BCUT2D eigenvalue weighted by atomic mass is 10.3. The molecule has 0 aliphatic carbocycles. The van der Waals surface area contributed by atoms with Gasteiger partial charge >= 0.3 is 5.97 Å². The van der Waals surface area contributed by atoms with Crippen LogP contribution >= 0.6 is 0 Å². The Labute approximate surface area is 63.2 Å². The predicted molar refractivity (Wildman–Crippen MR) is 35.0 cm³/mol. The lowest BCUT2D eigenvalue weighted by Crippen LogP contribution is -2.42. The highest BCUT2D eigenvalue weighted by molar-refractivity contribution is 5.84. The monoisotopic (exact) mass is 162 g/mol. The molecule has 1 amide bonds. The van der Waals surface area contributed by atoms with Gasteiger partial charge in [-0.05, 0) is 6.92 Å². The van der Waals surface area contributed by atoms with Crippen molar-refractivity contribution in [1.29, 1.82) is 0 Å². The summed E-state index contributed by atoms with van der Waals surface area (Å²) in [6.45, 7) is 0.960. The van der Waals surface area contributed by atoms with Gasteiger partial charge in [0.25, 0.3) is 0 Å². The average molecular weight is 162 g/mol. The zero-order valence-electron chi connectivity index (χ0n) is 6.00. The Bertz CT molecular complexity index is 159. The zero-order valence-corrected chi connectivity index (χ0v) is 6.00. The molecule has 1 atom stereocenters. The third-order valence-corrected chi connectivity index (χ3v) is 1.00. The number of carboxylic acids is 1. The second-order valence-corrected chi connectivity index (χ2v) is 1.96. The van der Waals surface area contributed by atoms with Crippen LogP contribution in [0.2, 0.25) is 0 Å². The highest BCUT2D eigenvalue weighted by Gasteiger charge is 2.10. The molecule has 0 fully saturated rings. The second-order valence-electron chi connectivity index (χ2n) is 1.96. The Morgan fingerprint density at radius 1 is 1.55 bits per heavy atom. The van der Waals surface area contributed by atoms with Crippen molar-refractivity contribution in [2.75, 3.05) is 6.54 Å². The van der Waals surface area contributed by atoms with Crippen LogP contribution in [0.25, 0.3) is 0 Å². The van der Waals surface area contributed by atoms with Crippen LogP contribution in [-0.4, -0.2) is 34.8 Å². The molecule has 0 heterocycles. The topological polar surface area (TPSA) is 98.7 Å². The fourth-order valence-corrected chi connectivity index (χ4v) is 0.374. The summed E-state index contributed by atoms with van der Waals surface area (Å²) >= 11 is 0. The molecular weight excluding hydrogens is 152 g/mol. The molecule has 0 aliphatic heterocycles. The van der Waals surface area contributed by atoms with Gasteiger partial charge in [-0.25, -0.2) is 0 Å². The van der Waals surface area contributed by atoms with Gasteiger partial charge in [0, 0.05) is 0 Å². The minimum absolute atomic E-state index is 0.440. The van der Waals surface area contributed by atoms with Gasteiger partial charge < -0.3 is 15.6 Å². The van der Waals surface area contributed by atoms with Gasteiger partial charge in [-0.15, -0.1) is 0 Å². The Hall–Kier alpha value is -1.14. The van der Waals surface area contributed by atoms with Gasteiger partial charge in [0.15, 0.2) is 0 Å². The lowest BCUT2D eigenvalue weighted by Gasteiger charge is -2.07. The number of aliphatic carboxylic acids is 1. The molecule has 0 radical (unpaired) electrons. The quantitative estimate of drug-likeness (QED) is 0.379. The second kappa shape index (κ2) is 4.64. The first kappa shape index (κ1) is 9.86. The molecule has 0 aromatic carbocycles. The molecule has 0 aromatic rings. The Kier molecular flexibility index (Phi) is 4.16. The third-order valence-electron chi connectivity index (χ3n) is 1.00. The van der Waals surface area contributed by atoms with E-state index in [2.05, 4.69) is 5.32 Å². The molecule has 0 saturated heterocycles. The molecule has 4 N–H and O–H groups in total. The van der Waals surface area contributed by atoms with Crippen molar-refractivity contribution in [3.05, 3.63) is 0 Å². The summed E-state index contributed by atoms with van der Waals surface area (Å²) in [5, 5.41) is 18.4. The number of nitrogens with one attached hydrogen (secondary N) is 2. The normalized spacial score (nSPS) is 12.2. The van der Waals surface area contributed by atoms with Crippen molar-refractivity contribution < 1.29 is 19.9 Å². The van der Waals surface area contributed by atoms with Gasteiger partial charge in [-0.3, -0.25) is 9.59 Å². The van der Waals surface area contributed by atoms with Crippen LogP contribution in [0, 0.1) is 0 Å². The Morgan fingerprint density at radius 2 is 2.09 bits per heavy atom. The van der Waals surface area contributed by atoms with Crippen molar-refractivity contribution in [3.8, 4) is 0 Å². The molecule has 0 aromatic heterocycles. The fraction of sp³-hybridized carbons (Fsp3) is 0.600. The number of rotatable bonds is 4. The van der Waals surface area contributed by atoms with Crippen LogP contribution in [0.3, 0.4) is 0 Å². The van der Waals surface area contributed by atoms with Gasteiger partial charge in [-0.2, -0.15) is 5.48 Å². The van der Waals surface area contributed by atoms with E-state index >= 15 is 0 Å². The summed E-state index contributed by atoms with van der Waals surface area (Å²) in [5.74, 6) is -1.68. The standard InChI is InChI=1S/C5H10N2O4/c1-3(7-11)5(10)6-2-4(8)9/h3,7,11H,2H2,1H3,(H,6,10)(H,8,9)/t3-/m0/s1. The van der Waals surface area contributed by atoms with Crippen LogP contribution in [0.5, 0.6) is 0 Å². The summed E-state index contributed by atoms with van der Waals surface area (Å²) in [4.78, 5) is 20.6. The summed E-state index contributed by atoms with van der Waals surface area (Å²) in [6.07, 6.45) is 0. The molecule has 64 valence electrons. The van der Waals surface area contributed by atoms with Crippen molar-refractivity contribution in [3.63, 3.8) is 0 Å². The highest BCUT2D eigenvalue weighted by Crippen LogP contribution is 1.77. The first-order valence-electron chi connectivity index (χ1n) is 2.97. The van der Waals surface area contributed by atoms with Crippen molar-refractivity contribution >= 4 is 11.9 Å². The molecular formula is C5H10N2O4. The van der Waals surface area contributed by atoms with E-state index in [4.69, 9.17) is 10.3 Å². The maximum absolute atomic E-state index is 10.7. The smallest absolute Gasteiger partial charge is 0.322 e. The van der Waals surface area contributed by atoms with E-state index in [1.165, 1.54) is 6.92 Å². The summed E-state index contributed by atoms with van der Waals surface area (Å²) in [5.41, 5.74) is 1.68. The minimum atomic E-state index is -1.12. The SMILES string of the molecule is C[C@H](NO)C(=O)NCC(=O)O. The molecule has 0 rings (SSSR count). The van der Waals surface area contributed by atoms with Gasteiger partial charge in [-0.1, -0.05) is 0 Å². The van der Waals surface area contributed by atoms with E-state index in [1.54, 1.807) is 5.48 Å². The van der Waals surface area contributed by atoms with E-state index in [9.17, 15) is 9.59 Å². The summed E-state index contributed by atoms with van der Waals surface area (Å²) in [7, 11) is 0. The third kappa shape index (κ3) is 4.29. The van der Waals surface area contributed by atoms with E-state index in [0.29, 0.717) is 0 Å². The maximum Gasteiger partial charge on any atom is 0.322 e. The molecule has 0 unspecified atom stereocenters. The number of carbonyl (C=O) groups excluding carboxylic acids is 1. The number of hydroxylamine groups is 1. The fourth-order valence-electron chi connectivity index (χ4n) is 0.374. The van der Waals surface area contributed by atoms with Gasteiger partial charge in [0.2, 0.25) is 5.91 Å². The summed E-state index contributed by atoms with van der Waals surface area (Å²) < 4.78 is 0. The number of amides is 1. The molecule has 0 aliphatic rings. The van der Waals surface area contributed by atoms with Gasteiger partial charge in [0.05, 0.1) is 0 Å². The van der Waals surface area contributed by atoms with Crippen LogP contribution < -0.4 is 10.8 Å². The predicted octanol–water partition coefficient (Wildman–Crippen LogP) is -1.45. The van der Waals surface area contributed by atoms with E-state index < -0.39 is 24.5 Å². The molecule has 0 spiro atoms. The number of carbonyl (C=O) groups is 2. The number of hydrogen-bond acceptors (Lipinski definition) is 4. The van der Waals surface area contributed by atoms with E-state index in [-0.39, 0.29) is 0 Å². The Balaban J connectivity index is 3.60. The minimum Gasteiger partial charge on any atom is -0.480 e. The lowest BCUT2D eigenvalue weighted by molar-refractivity contribution is -0.138. The average Bonchev–Trinajstić information content (AvgIpc) is 1.98. The largest absolute Gasteiger partial charge is 0.480 e. The first-order valence-corrected chi connectivity index (χ1v) is 2.97. The van der Waals surface area contributed by atoms with E-state index in [1.807, 2.05) is 0 Å². The van der Waals surface area contributed by atoms with Crippen molar-refractivity contribution in [2.24, 2.45) is 0 Å². The van der Waals surface area contributed by atoms with Crippen LogP contribution in [-0.2, 0) is 9.59 Å². The Morgan fingerprint density at radius 3 is 2.45 bits per heavy atom. The number of hydrogen-bond donors (Lipinski definition) is 4. The number of carboxylic acid groups (broad SMARTS) is 1. The highest BCUT2D eigenvalue weighted by atomic mass is 16.5. The summed E-state index contributed by atoms with van der Waals surface area (Å²) in [6, 6.07) is -0.797. The van der Waals surface area contributed by atoms with Gasteiger partial charge in [0.1, 0.15) is 12.6 Å². The molecule has 6 heteroatoms. The van der Waals surface area contributed by atoms with Crippen molar-refractivity contribution in [1.82, 2.24) is 10.8 Å². The van der Waals surface area contributed by atoms with Crippen molar-refractivity contribution in [2.45, 2.75) is 13.0 Å². The first-order chi connectivity index (χ1) is 5.07. The molecule has 6 nitrogen and oxygen atoms in total.